The van der Waals surface area contributed by atoms with Crippen LogP contribution in [0.4, 0.5) is 10.1 Å². The first kappa shape index (κ1) is 12.3. The van der Waals surface area contributed by atoms with Crippen LogP contribution in [0.2, 0.25) is 0 Å². The Hall–Kier alpha value is -0.780. The van der Waals surface area contributed by atoms with Crippen molar-refractivity contribution >= 4 is 17.4 Å². The minimum atomic E-state index is -0.732. The van der Waals surface area contributed by atoms with Crippen molar-refractivity contribution in [3.8, 4) is 0 Å². The van der Waals surface area contributed by atoms with Crippen molar-refractivity contribution in [3.05, 3.63) is 29.6 Å². The van der Waals surface area contributed by atoms with Gasteiger partial charge in [0.05, 0.1) is 12.7 Å². The SMILES string of the molecule is Nc1ccc(F)cc1CSCC(O)CO. The van der Waals surface area contributed by atoms with Crippen molar-refractivity contribution in [2.24, 2.45) is 0 Å². The van der Waals surface area contributed by atoms with Gasteiger partial charge in [-0.2, -0.15) is 11.8 Å². The van der Waals surface area contributed by atoms with Crippen LogP contribution in [-0.4, -0.2) is 28.7 Å². The normalized spacial score (nSPS) is 12.7. The Morgan fingerprint density at radius 2 is 2.20 bits per heavy atom. The number of thioether (sulfide) groups is 1. The Labute approximate surface area is 92.1 Å². The molecule has 3 nitrogen and oxygen atoms in total. The van der Waals surface area contributed by atoms with Gasteiger partial charge in [0.25, 0.3) is 0 Å². The molecule has 1 aromatic carbocycles. The lowest BCUT2D eigenvalue weighted by molar-refractivity contribution is 0.113. The lowest BCUT2D eigenvalue weighted by atomic mass is 10.2. The maximum atomic E-state index is 12.8. The third-order valence-corrected chi connectivity index (χ3v) is 3.02. The summed E-state index contributed by atoms with van der Waals surface area (Å²) >= 11 is 1.41. The molecule has 15 heavy (non-hydrogen) atoms. The molecule has 1 aromatic rings. The molecule has 1 rings (SSSR count). The first-order valence-electron chi connectivity index (χ1n) is 4.54. The first-order valence-corrected chi connectivity index (χ1v) is 5.69. The van der Waals surface area contributed by atoms with Gasteiger partial charge >= 0.3 is 0 Å². The molecule has 5 heteroatoms. The van der Waals surface area contributed by atoms with Gasteiger partial charge in [-0.05, 0) is 23.8 Å². The molecular weight excluding hydrogens is 217 g/mol. The van der Waals surface area contributed by atoms with Gasteiger partial charge in [0.2, 0.25) is 0 Å². The highest BCUT2D eigenvalue weighted by atomic mass is 32.2. The summed E-state index contributed by atoms with van der Waals surface area (Å²) in [5.74, 6) is 0.620. The van der Waals surface area contributed by atoms with Crippen LogP contribution in [0.25, 0.3) is 0 Å². The van der Waals surface area contributed by atoms with E-state index < -0.39 is 6.10 Å². The number of hydrogen-bond donors (Lipinski definition) is 3. The zero-order chi connectivity index (χ0) is 11.3. The average Bonchev–Trinajstić information content (AvgIpc) is 2.23. The van der Waals surface area contributed by atoms with Crippen LogP contribution in [-0.2, 0) is 5.75 Å². The van der Waals surface area contributed by atoms with E-state index in [-0.39, 0.29) is 12.4 Å². The van der Waals surface area contributed by atoms with E-state index in [4.69, 9.17) is 15.9 Å². The number of anilines is 1. The van der Waals surface area contributed by atoms with Crippen molar-refractivity contribution in [3.63, 3.8) is 0 Å². The number of nitrogen functional groups attached to an aromatic ring is 1. The zero-order valence-corrected chi connectivity index (χ0v) is 9.01. The van der Waals surface area contributed by atoms with E-state index >= 15 is 0 Å². The fraction of sp³-hybridized carbons (Fsp3) is 0.400. The molecular formula is C10H14FNO2S. The van der Waals surface area contributed by atoms with E-state index in [2.05, 4.69) is 0 Å². The molecule has 0 amide bonds. The molecule has 1 atom stereocenters. The summed E-state index contributed by atoms with van der Waals surface area (Å²) in [5, 5.41) is 17.7. The second-order valence-corrected chi connectivity index (χ2v) is 4.22. The van der Waals surface area contributed by atoms with Crippen LogP contribution in [0.5, 0.6) is 0 Å². The lowest BCUT2D eigenvalue weighted by Gasteiger charge is -2.08. The summed E-state index contributed by atoms with van der Waals surface area (Å²) in [5.41, 5.74) is 6.90. The number of rotatable bonds is 5. The van der Waals surface area contributed by atoms with Crippen LogP contribution in [0.15, 0.2) is 18.2 Å². The van der Waals surface area contributed by atoms with Gasteiger partial charge < -0.3 is 15.9 Å². The smallest absolute Gasteiger partial charge is 0.123 e. The van der Waals surface area contributed by atoms with E-state index in [0.29, 0.717) is 22.8 Å². The molecule has 0 saturated heterocycles. The Bertz CT molecular complexity index is 322. The van der Waals surface area contributed by atoms with Crippen molar-refractivity contribution in [1.82, 2.24) is 0 Å². The third-order valence-electron chi connectivity index (χ3n) is 1.88. The van der Waals surface area contributed by atoms with E-state index in [9.17, 15) is 4.39 Å². The second kappa shape index (κ2) is 5.95. The van der Waals surface area contributed by atoms with Gasteiger partial charge in [-0.3, -0.25) is 0 Å². The Morgan fingerprint density at radius 1 is 1.47 bits per heavy atom. The number of hydrogen-bond acceptors (Lipinski definition) is 4. The highest BCUT2D eigenvalue weighted by Gasteiger charge is 2.04. The second-order valence-electron chi connectivity index (χ2n) is 3.19. The molecule has 0 heterocycles. The molecule has 0 aromatic heterocycles. The summed E-state index contributed by atoms with van der Waals surface area (Å²) < 4.78 is 12.8. The number of nitrogens with two attached hydrogens (primary N) is 1. The standard InChI is InChI=1S/C10H14FNO2S/c11-8-1-2-10(12)7(3-8)5-15-6-9(14)4-13/h1-3,9,13-14H,4-6,12H2. The molecule has 84 valence electrons. The topological polar surface area (TPSA) is 66.5 Å². The summed E-state index contributed by atoms with van der Waals surface area (Å²) in [6.45, 7) is -0.258. The van der Waals surface area contributed by atoms with Gasteiger partial charge in [0.15, 0.2) is 0 Å². The van der Waals surface area contributed by atoms with E-state index in [0.717, 1.165) is 0 Å². The Balaban J connectivity index is 2.46. The number of benzene rings is 1. The molecule has 0 radical (unpaired) electrons. The highest BCUT2D eigenvalue weighted by Crippen LogP contribution is 2.20. The van der Waals surface area contributed by atoms with Crippen molar-refractivity contribution in [2.45, 2.75) is 11.9 Å². The summed E-state index contributed by atoms with van der Waals surface area (Å²) in [6, 6.07) is 4.22. The minimum Gasteiger partial charge on any atom is -0.398 e. The highest BCUT2D eigenvalue weighted by molar-refractivity contribution is 7.98. The van der Waals surface area contributed by atoms with Gasteiger partial charge in [-0.25, -0.2) is 4.39 Å². The van der Waals surface area contributed by atoms with Gasteiger partial charge in [0.1, 0.15) is 5.82 Å². The van der Waals surface area contributed by atoms with Crippen molar-refractivity contribution in [1.29, 1.82) is 0 Å². The van der Waals surface area contributed by atoms with Crippen LogP contribution in [0.3, 0.4) is 0 Å². The molecule has 0 saturated carbocycles. The number of aliphatic hydroxyl groups is 2. The van der Waals surface area contributed by atoms with Crippen LogP contribution in [0, 0.1) is 5.82 Å². The van der Waals surface area contributed by atoms with Crippen molar-refractivity contribution in [2.75, 3.05) is 18.1 Å². The Kier molecular flexibility index (Phi) is 4.87. The summed E-state index contributed by atoms with van der Waals surface area (Å²) in [4.78, 5) is 0. The first-order chi connectivity index (χ1) is 7.13. The number of halogens is 1. The van der Waals surface area contributed by atoms with Crippen LogP contribution in [0.1, 0.15) is 5.56 Å². The van der Waals surface area contributed by atoms with Crippen LogP contribution >= 0.6 is 11.8 Å². The monoisotopic (exact) mass is 231 g/mol. The molecule has 0 aliphatic carbocycles. The maximum Gasteiger partial charge on any atom is 0.123 e. The average molecular weight is 231 g/mol. The quantitative estimate of drug-likeness (QED) is 0.661. The fourth-order valence-electron chi connectivity index (χ4n) is 1.06. The fourth-order valence-corrected chi connectivity index (χ4v) is 2.02. The van der Waals surface area contributed by atoms with Gasteiger partial charge in [-0.15, -0.1) is 0 Å². The molecule has 0 spiro atoms. The maximum absolute atomic E-state index is 12.8. The molecule has 4 N–H and O–H groups in total. The predicted octanol–water partition coefficient (Wildman–Crippen LogP) is 0.994. The van der Waals surface area contributed by atoms with Crippen LogP contribution < -0.4 is 5.73 Å². The third kappa shape index (κ3) is 4.07. The predicted molar refractivity (Wildman–Crippen MR) is 60.1 cm³/mol. The van der Waals surface area contributed by atoms with E-state index in [1.807, 2.05) is 0 Å². The summed E-state index contributed by atoms with van der Waals surface area (Å²) in [7, 11) is 0. The summed E-state index contributed by atoms with van der Waals surface area (Å²) in [6.07, 6.45) is -0.732. The molecule has 0 aliphatic rings. The molecule has 0 bridgehead atoms. The molecule has 0 fully saturated rings. The molecule has 1 unspecified atom stereocenters. The van der Waals surface area contributed by atoms with Crippen molar-refractivity contribution < 1.29 is 14.6 Å². The largest absolute Gasteiger partial charge is 0.398 e. The zero-order valence-electron chi connectivity index (χ0n) is 8.19. The molecule has 0 aliphatic heterocycles. The van der Waals surface area contributed by atoms with E-state index in [1.54, 1.807) is 0 Å². The lowest BCUT2D eigenvalue weighted by Crippen LogP contribution is -2.14. The minimum absolute atomic E-state index is 0.258. The Morgan fingerprint density at radius 3 is 2.87 bits per heavy atom. The van der Waals surface area contributed by atoms with Gasteiger partial charge in [0, 0.05) is 17.2 Å². The van der Waals surface area contributed by atoms with Gasteiger partial charge in [-0.1, -0.05) is 0 Å². The van der Waals surface area contributed by atoms with E-state index in [1.165, 1.54) is 30.0 Å². The number of aliphatic hydroxyl groups excluding tert-OH is 2.